The monoisotopic (exact) mass is 330 g/mol. The van der Waals surface area contributed by atoms with Crippen LogP contribution in [-0.4, -0.2) is 36.4 Å². The van der Waals surface area contributed by atoms with E-state index in [1.807, 2.05) is 0 Å². The Morgan fingerprint density at radius 2 is 2.19 bits per heavy atom. The molecule has 2 rings (SSSR count). The minimum absolute atomic E-state index is 0.0118. The first-order valence-corrected chi connectivity index (χ1v) is 8.56. The topological polar surface area (TPSA) is 98.3 Å². The molecule has 21 heavy (non-hydrogen) atoms. The zero-order valence-electron chi connectivity index (χ0n) is 11.7. The van der Waals surface area contributed by atoms with Gasteiger partial charge in [0.1, 0.15) is 4.21 Å². The van der Waals surface area contributed by atoms with Gasteiger partial charge in [-0.3, -0.25) is 14.8 Å². The fourth-order valence-electron chi connectivity index (χ4n) is 1.84. The smallest absolute Gasteiger partial charge is 0.305 e. The average molecular weight is 330 g/mol. The van der Waals surface area contributed by atoms with Crippen LogP contribution in [0.15, 0.2) is 22.7 Å². The first-order chi connectivity index (χ1) is 9.68. The molecule has 0 bridgehead atoms. The molecule has 0 saturated carbocycles. The summed E-state index contributed by atoms with van der Waals surface area (Å²) in [5.74, 6) is 0. The molecular formula is C11H14N4O4S2. The van der Waals surface area contributed by atoms with Crippen LogP contribution in [0.3, 0.4) is 0 Å². The molecule has 0 N–H and O–H groups in total. The molecule has 0 saturated heterocycles. The molecule has 0 aliphatic rings. The predicted molar refractivity (Wildman–Crippen MR) is 79.4 cm³/mol. The second-order valence-electron chi connectivity index (χ2n) is 4.66. The fraction of sp³-hybridized carbons (Fsp3) is 0.364. The van der Waals surface area contributed by atoms with E-state index >= 15 is 0 Å². The molecule has 0 unspecified atom stereocenters. The number of anilines is 1. The van der Waals surface area contributed by atoms with E-state index in [4.69, 9.17) is 0 Å². The lowest BCUT2D eigenvalue weighted by Gasteiger charge is -2.15. The molecule has 0 fully saturated rings. The Hall–Kier alpha value is -1.94. The summed E-state index contributed by atoms with van der Waals surface area (Å²) in [6, 6.07) is 1.11. The average Bonchev–Trinajstić information content (AvgIpc) is 2.94. The van der Waals surface area contributed by atoms with E-state index in [2.05, 4.69) is 5.10 Å². The molecule has 0 aromatic carbocycles. The summed E-state index contributed by atoms with van der Waals surface area (Å²) in [5, 5.41) is 15.4. The Balaban J connectivity index is 2.37. The van der Waals surface area contributed by atoms with Crippen molar-refractivity contribution in [3.8, 4) is 0 Å². The van der Waals surface area contributed by atoms with E-state index in [-0.39, 0.29) is 9.90 Å². The van der Waals surface area contributed by atoms with Crippen molar-refractivity contribution >= 4 is 31.9 Å². The molecular weight excluding hydrogens is 316 g/mol. The van der Waals surface area contributed by atoms with Crippen molar-refractivity contribution in [2.45, 2.75) is 10.8 Å². The molecule has 2 heterocycles. The van der Waals surface area contributed by atoms with Gasteiger partial charge in [0, 0.05) is 44.7 Å². The largest absolute Gasteiger partial charge is 0.356 e. The molecule has 0 radical (unpaired) electrons. The van der Waals surface area contributed by atoms with Crippen LogP contribution < -0.4 is 4.90 Å². The van der Waals surface area contributed by atoms with E-state index in [0.717, 1.165) is 29.2 Å². The third-order valence-electron chi connectivity index (χ3n) is 2.76. The number of aromatic nitrogens is 2. The van der Waals surface area contributed by atoms with Crippen molar-refractivity contribution in [1.29, 1.82) is 0 Å². The van der Waals surface area contributed by atoms with Gasteiger partial charge in [-0.15, -0.1) is 0 Å². The summed E-state index contributed by atoms with van der Waals surface area (Å²) in [6.45, 7) is 0.401. The van der Waals surface area contributed by atoms with Gasteiger partial charge >= 0.3 is 5.69 Å². The van der Waals surface area contributed by atoms with Crippen LogP contribution in [-0.2, 0) is 23.4 Å². The van der Waals surface area contributed by atoms with Gasteiger partial charge in [-0.05, 0) is 0 Å². The first kappa shape index (κ1) is 15.4. The highest BCUT2D eigenvalue weighted by Gasteiger charge is 2.26. The third kappa shape index (κ3) is 3.39. The van der Waals surface area contributed by atoms with Crippen molar-refractivity contribution in [3.05, 3.63) is 34.1 Å². The predicted octanol–water partition coefficient (Wildman–Crippen LogP) is 1.43. The van der Waals surface area contributed by atoms with Crippen molar-refractivity contribution in [2.75, 3.05) is 18.2 Å². The van der Waals surface area contributed by atoms with Crippen LogP contribution in [0.4, 0.5) is 10.7 Å². The Labute approximate surface area is 125 Å². The molecule has 2 aromatic rings. The SMILES string of the molecule is CN(Cc1cnn(C)c1)c1sc(S(C)(=O)=O)cc1[N+](=O)[O-]. The van der Waals surface area contributed by atoms with Gasteiger partial charge in [0.05, 0.1) is 11.1 Å². The van der Waals surface area contributed by atoms with E-state index in [0.29, 0.717) is 11.5 Å². The standard InChI is InChI=1S/C11H14N4O4S2/c1-13(6-8-5-12-14(2)7-8)11-9(15(16)17)4-10(20-11)21(3,18)19/h4-5,7H,6H2,1-3H3. The van der Waals surface area contributed by atoms with E-state index in [1.54, 1.807) is 36.1 Å². The summed E-state index contributed by atoms with van der Waals surface area (Å²) in [5.41, 5.74) is 0.676. The van der Waals surface area contributed by atoms with E-state index in [1.165, 1.54) is 0 Å². The maximum atomic E-state index is 11.6. The Bertz CT molecular complexity index is 778. The molecule has 8 nitrogen and oxygen atoms in total. The number of nitrogens with zero attached hydrogens (tertiary/aromatic N) is 4. The van der Waals surface area contributed by atoms with Crippen LogP contribution in [0, 0.1) is 10.1 Å². The molecule has 0 aliphatic carbocycles. The fourth-order valence-corrected chi connectivity index (χ4v) is 3.82. The number of sulfone groups is 1. The number of hydrogen-bond donors (Lipinski definition) is 0. The second-order valence-corrected chi connectivity index (χ2v) is 7.94. The number of nitro groups is 1. The van der Waals surface area contributed by atoms with Gasteiger partial charge in [0.15, 0.2) is 14.8 Å². The van der Waals surface area contributed by atoms with Crippen molar-refractivity contribution in [1.82, 2.24) is 9.78 Å². The molecule has 2 aromatic heterocycles. The molecule has 0 atom stereocenters. The summed E-state index contributed by atoms with van der Waals surface area (Å²) < 4.78 is 24.7. The van der Waals surface area contributed by atoms with Crippen LogP contribution in [0.5, 0.6) is 0 Å². The normalized spacial score (nSPS) is 11.6. The Kier molecular flexibility index (Phi) is 4.01. The zero-order chi connectivity index (χ0) is 15.8. The third-order valence-corrected chi connectivity index (χ3v) is 5.80. The van der Waals surface area contributed by atoms with Crippen LogP contribution in [0.25, 0.3) is 0 Å². The molecule has 0 aliphatic heterocycles. The molecule has 114 valence electrons. The van der Waals surface area contributed by atoms with Crippen LogP contribution in [0.1, 0.15) is 5.56 Å². The number of rotatable bonds is 5. The van der Waals surface area contributed by atoms with Gasteiger partial charge < -0.3 is 4.90 Å². The van der Waals surface area contributed by atoms with Gasteiger partial charge in [-0.25, -0.2) is 8.42 Å². The summed E-state index contributed by atoms with van der Waals surface area (Å²) in [7, 11) is -0.0142. The minimum Gasteiger partial charge on any atom is -0.356 e. The van der Waals surface area contributed by atoms with Gasteiger partial charge in [-0.1, -0.05) is 11.3 Å². The highest BCUT2D eigenvalue weighted by Crippen LogP contribution is 2.39. The zero-order valence-corrected chi connectivity index (χ0v) is 13.3. The van der Waals surface area contributed by atoms with Gasteiger partial charge in [0.2, 0.25) is 0 Å². The maximum Gasteiger partial charge on any atom is 0.305 e. The van der Waals surface area contributed by atoms with Crippen molar-refractivity contribution < 1.29 is 13.3 Å². The van der Waals surface area contributed by atoms with Crippen molar-refractivity contribution in [3.63, 3.8) is 0 Å². The van der Waals surface area contributed by atoms with Crippen LogP contribution in [0.2, 0.25) is 0 Å². The molecule has 10 heteroatoms. The summed E-state index contributed by atoms with van der Waals surface area (Å²) in [6.07, 6.45) is 4.49. The summed E-state index contributed by atoms with van der Waals surface area (Å²) >= 11 is 0.898. The van der Waals surface area contributed by atoms with Gasteiger partial charge in [0.25, 0.3) is 0 Å². The Morgan fingerprint density at radius 1 is 1.52 bits per heavy atom. The lowest BCUT2D eigenvalue weighted by atomic mass is 10.3. The second kappa shape index (κ2) is 5.45. The van der Waals surface area contributed by atoms with Gasteiger partial charge in [-0.2, -0.15) is 5.10 Å². The quantitative estimate of drug-likeness (QED) is 0.607. The highest BCUT2D eigenvalue weighted by molar-refractivity contribution is 7.92. The first-order valence-electron chi connectivity index (χ1n) is 5.85. The van der Waals surface area contributed by atoms with E-state index < -0.39 is 14.8 Å². The molecule has 0 spiro atoms. The lowest BCUT2D eigenvalue weighted by molar-refractivity contribution is -0.383. The summed E-state index contributed by atoms with van der Waals surface area (Å²) in [4.78, 5) is 12.2. The molecule has 0 amide bonds. The number of hydrogen-bond acceptors (Lipinski definition) is 7. The van der Waals surface area contributed by atoms with Crippen molar-refractivity contribution in [2.24, 2.45) is 7.05 Å². The number of aryl methyl sites for hydroxylation is 1. The minimum atomic E-state index is -3.47. The Morgan fingerprint density at radius 3 is 2.67 bits per heavy atom. The lowest BCUT2D eigenvalue weighted by Crippen LogP contribution is -2.15. The number of thiophene rings is 1. The highest BCUT2D eigenvalue weighted by atomic mass is 32.2. The van der Waals surface area contributed by atoms with Crippen LogP contribution >= 0.6 is 11.3 Å². The van der Waals surface area contributed by atoms with E-state index in [9.17, 15) is 18.5 Å². The maximum absolute atomic E-state index is 11.6.